The van der Waals surface area contributed by atoms with Crippen molar-refractivity contribution in [3.05, 3.63) is 11.9 Å². The summed E-state index contributed by atoms with van der Waals surface area (Å²) in [4.78, 5) is 8.64. The molecule has 19 heavy (non-hydrogen) atoms. The van der Waals surface area contributed by atoms with Crippen LogP contribution in [0.1, 0.15) is 52.8 Å². The van der Waals surface area contributed by atoms with Crippen molar-refractivity contribution in [3.63, 3.8) is 0 Å². The van der Waals surface area contributed by atoms with Crippen LogP contribution >= 0.6 is 0 Å². The summed E-state index contributed by atoms with van der Waals surface area (Å²) in [6, 6.07) is 2.29. The SMILES string of the molecule is CCOc1cc(NC(C)CCCC(C)C)nc(C)n1. The van der Waals surface area contributed by atoms with E-state index in [4.69, 9.17) is 4.74 Å². The van der Waals surface area contributed by atoms with Gasteiger partial charge in [-0.1, -0.05) is 26.7 Å². The number of ether oxygens (including phenoxy) is 1. The van der Waals surface area contributed by atoms with Crippen LogP contribution in [0.25, 0.3) is 0 Å². The van der Waals surface area contributed by atoms with Crippen molar-refractivity contribution in [1.29, 1.82) is 0 Å². The number of hydrogen-bond acceptors (Lipinski definition) is 4. The van der Waals surface area contributed by atoms with Gasteiger partial charge in [-0.15, -0.1) is 0 Å². The van der Waals surface area contributed by atoms with Gasteiger partial charge in [0.05, 0.1) is 6.61 Å². The molecule has 0 fully saturated rings. The molecule has 0 aliphatic rings. The van der Waals surface area contributed by atoms with Crippen LogP contribution in [0.2, 0.25) is 0 Å². The molecule has 1 N–H and O–H groups in total. The van der Waals surface area contributed by atoms with E-state index in [1.165, 1.54) is 12.8 Å². The molecule has 1 unspecified atom stereocenters. The van der Waals surface area contributed by atoms with Gasteiger partial charge in [0.25, 0.3) is 0 Å². The second-order valence-electron chi connectivity index (χ2n) is 5.44. The van der Waals surface area contributed by atoms with E-state index in [9.17, 15) is 0 Å². The van der Waals surface area contributed by atoms with Crippen molar-refractivity contribution < 1.29 is 4.74 Å². The molecule has 1 aromatic rings. The zero-order valence-electron chi connectivity index (χ0n) is 12.9. The summed E-state index contributed by atoms with van der Waals surface area (Å²) in [5.41, 5.74) is 0. The second-order valence-corrected chi connectivity index (χ2v) is 5.44. The predicted octanol–water partition coefficient (Wildman–Crippen LogP) is 3.81. The highest BCUT2D eigenvalue weighted by molar-refractivity contribution is 5.39. The number of aryl methyl sites for hydroxylation is 1. The van der Waals surface area contributed by atoms with Crippen LogP contribution in [0.15, 0.2) is 6.07 Å². The van der Waals surface area contributed by atoms with E-state index in [1.807, 2.05) is 19.9 Å². The van der Waals surface area contributed by atoms with Gasteiger partial charge < -0.3 is 10.1 Å². The van der Waals surface area contributed by atoms with Crippen LogP contribution in [-0.4, -0.2) is 22.6 Å². The largest absolute Gasteiger partial charge is 0.478 e. The lowest BCUT2D eigenvalue weighted by atomic mass is 10.0. The predicted molar refractivity (Wildman–Crippen MR) is 79.7 cm³/mol. The van der Waals surface area contributed by atoms with E-state index in [0.29, 0.717) is 18.5 Å². The highest BCUT2D eigenvalue weighted by atomic mass is 16.5. The van der Waals surface area contributed by atoms with Crippen molar-refractivity contribution in [2.75, 3.05) is 11.9 Å². The van der Waals surface area contributed by atoms with Crippen molar-refractivity contribution in [2.45, 2.75) is 59.9 Å². The molecule has 0 bridgehead atoms. The summed E-state index contributed by atoms with van der Waals surface area (Å²) in [5.74, 6) is 3.01. The molecule has 1 aromatic heterocycles. The van der Waals surface area contributed by atoms with Crippen LogP contribution in [0.5, 0.6) is 5.88 Å². The Morgan fingerprint density at radius 2 is 1.95 bits per heavy atom. The first-order valence-electron chi connectivity index (χ1n) is 7.26. The maximum Gasteiger partial charge on any atom is 0.218 e. The molecule has 0 saturated carbocycles. The third-order valence-electron chi connectivity index (χ3n) is 2.92. The fourth-order valence-electron chi connectivity index (χ4n) is 1.99. The van der Waals surface area contributed by atoms with E-state index < -0.39 is 0 Å². The lowest BCUT2D eigenvalue weighted by Crippen LogP contribution is -2.16. The second kappa shape index (κ2) is 7.97. The molecule has 108 valence electrons. The molecule has 0 aromatic carbocycles. The highest BCUT2D eigenvalue weighted by Gasteiger charge is 2.07. The van der Waals surface area contributed by atoms with Crippen LogP contribution < -0.4 is 10.1 Å². The average Bonchev–Trinajstić information content (AvgIpc) is 2.27. The highest BCUT2D eigenvalue weighted by Crippen LogP contribution is 2.16. The molecule has 1 atom stereocenters. The summed E-state index contributed by atoms with van der Waals surface area (Å²) in [6.07, 6.45) is 3.68. The van der Waals surface area contributed by atoms with Gasteiger partial charge in [0.15, 0.2) is 0 Å². The van der Waals surface area contributed by atoms with Crippen LogP contribution in [0, 0.1) is 12.8 Å². The molecule has 4 nitrogen and oxygen atoms in total. The Morgan fingerprint density at radius 3 is 2.58 bits per heavy atom. The minimum absolute atomic E-state index is 0.419. The molecular weight excluding hydrogens is 238 g/mol. The number of hydrogen-bond donors (Lipinski definition) is 1. The Labute approximate surface area is 117 Å². The Morgan fingerprint density at radius 1 is 1.21 bits per heavy atom. The zero-order chi connectivity index (χ0) is 14.3. The summed E-state index contributed by atoms with van der Waals surface area (Å²) in [6.45, 7) is 11.2. The summed E-state index contributed by atoms with van der Waals surface area (Å²) < 4.78 is 5.43. The monoisotopic (exact) mass is 265 g/mol. The van der Waals surface area contributed by atoms with Crippen molar-refractivity contribution in [1.82, 2.24) is 9.97 Å². The van der Waals surface area contributed by atoms with E-state index in [0.717, 1.165) is 24.0 Å². The maximum atomic E-state index is 5.43. The molecule has 4 heteroatoms. The Hall–Kier alpha value is -1.32. The first-order chi connectivity index (χ1) is 9.01. The number of aromatic nitrogens is 2. The van der Waals surface area contributed by atoms with Gasteiger partial charge in [0.1, 0.15) is 11.6 Å². The first kappa shape index (κ1) is 15.7. The Bertz CT molecular complexity index is 380. The van der Waals surface area contributed by atoms with Crippen molar-refractivity contribution in [2.24, 2.45) is 5.92 Å². The summed E-state index contributed by atoms with van der Waals surface area (Å²) in [7, 11) is 0. The minimum atomic E-state index is 0.419. The van der Waals surface area contributed by atoms with Crippen LogP contribution in [-0.2, 0) is 0 Å². The molecule has 0 saturated heterocycles. The topological polar surface area (TPSA) is 47.0 Å². The molecule has 1 rings (SSSR count). The van der Waals surface area contributed by atoms with Gasteiger partial charge in [-0.05, 0) is 33.1 Å². The molecule has 0 aliphatic carbocycles. The maximum absolute atomic E-state index is 5.43. The van der Waals surface area contributed by atoms with Gasteiger partial charge in [0.2, 0.25) is 5.88 Å². The number of nitrogens with zero attached hydrogens (tertiary/aromatic N) is 2. The number of anilines is 1. The van der Waals surface area contributed by atoms with E-state index in [2.05, 4.69) is 36.1 Å². The first-order valence-corrected chi connectivity index (χ1v) is 7.26. The van der Waals surface area contributed by atoms with Crippen LogP contribution in [0.4, 0.5) is 5.82 Å². The quantitative estimate of drug-likeness (QED) is 0.776. The Kier molecular flexibility index (Phi) is 6.60. The number of rotatable bonds is 8. The fourth-order valence-corrected chi connectivity index (χ4v) is 1.99. The molecule has 0 radical (unpaired) electrons. The molecule has 0 spiro atoms. The summed E-state index contributed by atoms with van der Waals surface area (Å²) >= 11 is 0. The van der Waals surface area contributed by atoms with Crippen molar-refractivity contribution >= 4 is 5.82 Å². The molecule has 1 heterocycles. The zero-order valence-corrected chi connectivity index (χ0v) is 12.9. The lowest BCUT2D eigenvalue weighted by molar-refractivity contribution is 0.325. The normalized spacial score (nSPS) is 12.5. The summed E-state index contributed by atoms with van der Waals surface area (Å²) in [5, 5.41) is 3.42. The number of nitrogens with one attached hydrogen (secondary N) is 1. The smallest absolute Gasteiger partial charge is 0.218 e. The van der Waals surface area contributed by atoms with E-state index in [1.54, 1.807) is 0 Å². The van der Waals surface area contributed by atoms with Crippen LogP contribution in [0.3, 0.4) is 0 Å². The third kappa shape index (κ3) is 6.41. The van der Waals surface area contributed by atoms with Gasteiger partial charge in [-0.25, -0.2) is 4.98 Å². The lowest BCUT2D eigenvalue weighted by Gasteiger charge is -2.16. The molecular formula is C15H27N3O. The average molecular weight is 265 g/mol. The molecule has 0 amide bonds. The molecule has 0 aliphatic heterocycles. The van der Waals surface area contributed by atoms with Gasteiger partial charge >= 0.3 is 0 Å². The van der Waals surface area contributed by atoms with E-state index in [-0.39, 0.29) is 0 Å². The third-order valence-corrected chi connectivity index (χ3v) is 2.92. The van der Waals surface area contributed by atoms with Gasteiger partial charge in [-0.3, -0.25) is 0 Å². The Balaban J connectivity index is 2.51. The van der Waals surface area contributed by atoms with Gasteiger partial charge in [-0.2, -0.15) is 4.98 Å². The minimum Gasteiger partial charge on any atom is -0.478 e. The van der Waals surface area contributed by atoms with Gasteiger partial charge in [0, 0.05) is 12.1 Å². The van der Waals surface area contributed by atoms with Crippen molar-refractivity contribution in [3.8, 4) is 5.88 Å². The van der Waals surface area contributed by atoms with E-state index >= 15 is 0 Å². The fraction of sp³-hybridized carbons (Fsp3) is 0.733. The standard InChI is InChI=1S/C15H27N3O/c1-6-19-15-10-14(17-13(5)18-15)16-12(4)9-7-8-11(2)3/h10-12H,6-9H2,1-5H3,(H,16,17,18).